The van der Waals surface area contributed by atoms with Gasteiger partial charge >= 0.3 is 0 Å². The van der Waals surface area contributed by atoms with Crippen LogP contribution >= 0.6 is 11.8 Å². The first-order valence-electron chi connectivity index (χ1n) is 3.58. The number of aryl methyl sites for hydroxylation is 1. The fourth-order valence-electron chi connectivity index (χ4n) is 1.06. The molecule has 2 heterocycles. The molecule has 0 unspecified atom stereocenters. The van der Waals surface area contributed by atoms with E-state index in [0.717, 1.165) is 28.6 Å². The second kappa shape index (κ2) is 2.79. The highest BCUT2D eigenvalue weighted by molar-refractivity contribution is 7.99. The number of hydrogen-bond donors (Lipinski definition) is 1. The third-order valence-corrected chi connectivity index (χ3v) is 2.66. The molecule has 1 aliphatic rings. The van der Waals surface area contributed by atoms with Crippen LogP contribution in [0.2, 0.25) is 0 Å². The van der Waals surface area contributed by atoms with Gasteiger partial charge < -0.3 is 5.73 Å². The molecular weight excluding hydrogens is 158 g/mol. The number of hydrogen-bond acceptors (Lipinski definition) is 4. The molecule has 2 N–H and O–H groups in total. The van der Waals surface area contributed by atoms with Crippen molar-refractivity contribution in [2.45, 2.75) is 18.0 Å². The summed E-state index contributed by atoms with van der Waals surface area (Å²) in [6.45, 7) is 0.487. The Morgan fingerprint density at radius 3 is 3.36 bits per heavy atom. The molecule has 3 nitrogen and oxygen atoms in total. The summed E-state index contributed by atoms with van der Waals surface area (Å²) in [5.41, 5.74) is 7.45. The Hall–Kier alpha value is -0.610. The molecule has 11 heavy (non-hydrogen) atoms. The minimum Gasteiger partial charge on any atom is -0.325 e. The van der Waals surface area contributed by atoms with E-state index in [2.05, 4.69) is 9.97 Å². The summed E-state index contributed by atoms with van der Waals surface area (Å²) in [6, 6.07) is 0. The van der Waals surface area contributed by atoms with Crippen molar-refractivity contribution in [3.05, 3.63) is 17.6 Å². The predicted molar refractivity (Wildman–Crippen MR) is 44.4 cm³/mol. The molecule has 0 spiro atoms. The molecule has 1 aromatic rings. The monoisotopic (exact) mass is 167 g/mol. The lowest BCUT2D eigenvalue weighted by molar-refractivity contribution is 0.869. The highest BCUT2D eigenvalue weighted by atomic mass is 32.2. The standard InChI is InChI=1S/C7H9N3S/c8-3-5-4-9-6-1-2-11-7(6)10-5/h4H,1-3,8H2. The largest absolute Gasteiger partial charge is 0.325 e. The van der Waals surface area contributed by atoms with Crippen LogP contribution in [0.4, 0.5) is 0 Å². The Kier molecular flexibility index (Phi) is 1.79. The maximum absolute atomic E-state index is 5.43. The molecule has 0 bridgehead atoms. The van der Waals surface area contributed by atoms with Gasteiger partial charge in [0.25, 0.3) is 0 Å². The lowest BCUT2D eigenvalue weighted by Crippen LogP contribution is -2.02. The summed E-state index contributed by atoms with van der Waals surface area (Å²) in [4.78, 5) is 8.61. The average Bonchev–Trinajstić information content (AvgIpc) is 2.50. The molecule has 0 fully saturated rings. The Bertz CT molecular complexity index is 274. The molecule has 1 aliphatic heterocycles. The van der Waals surface area contributed by atoms with Gasteiger partial charge in [-0.3, -0.25) is 4.98 Å². The van der Waals surface area contributed by atoms with Crippen molar-refractivity contribution >= 4 is 11.8 Å². The number of nitrogens with two attached hydrogens (primary N) is 1. The topological polar surface area (TPSA) is 51.8 Å². The summed E-state index contributed by atoms with van der Waals surface area (Å²) in [5.74, 6) is 1.11. The molecule has 0 saturated heterocycles. The number of nitrogens with zero attached hydrogens (tertiary/aromatic N) is 2. The van der Waals surface area contributed by atoms with Crippen molar-refractivity contribution < 1.29 is 0 Å². The fourth-order valence-corrected chi connectivity index (χ4v) is 2.05. The van der Waals surface area contributed by atoms with E-state index >= 15 is 0 Å². The quantitative estimate of drug-likeness (QED) is 0.665. The molecular formula is C7H9N3S. The van der Waals surface area contributed by atoms with E-state index in [1.165, 1.54) is 0 Å². The van der Waals surface area contributed by atoms with E-state index in [-0.39, 0.29) is 0 Å². The second-order valence-electron chi connectivity index (χ2n) is 2.42. The first-order chi connectivity index (χ1) is 5.40. The molecule has 0 atom stereocenters. The van der Waals surface area contributed by atoms with Crippen LogP contribution in [0.5, 0.6) is 0 Å². The van der Waals surface area contributed by atoms with Gasteiger partial charge in [0.1, 0.15) is 5.03 Å². The highest BCUT2D eigenvalue weighted by Gasteiger charge is 2.13. The smallest absolute Gasteiger partial charge is 0.118 e. The maximum Gasteiger partial charge on any atom is 0.118 e. The Morgan fingerprint density at radius 1 is 1.64 bits per heavy atom. The minimum absolute atomic E-state index is 0.487. The zero-order chi connectivity index (χ0) is 7.68. The summed E-state index contributed by atoms with van der Waals surface area (Å²) >= 11 is 1.77. The van der Waals surface area contributed by atoms with Crippen LogP contribution in [0.1, 0.15) is 11.4 Å². The van der Waals surface area contributed by atoms with Gasteiger partial charge in [-0.25, -0.2) is 4.98 Å². The fraction of sp³-hybridized carbons (Fsp3) is 0.429. The SMILES string of the molecule is NCc1cnc2c(n1)SCC2. The molecule has 0 radical (unpaired) electrons. The van der Waals surface area contributed by atoms with Gasteiger partial charge in [-0.1, -0.05) is 0 Å². The van der Waals surface area contributed by atoms with Gasteiger partial charge in [0.05, 0.1) is 17.6 Å². The zero-order valence-corrected chi connectivity index (χ0v) is 6.90. The van der Waals surface area contributed by atoms with E-state index in [9.17, 15) is 0 Å². The molecule has 4 heteroatoms. The van der Waals surface area contributed by atoms with Gasteiger partial charge in [-0.2, -0.15) is 0 Å². The van der Waals surface area contributed by atoms with Crippen molar-refractivity contribution in [2.24, 2.45) is 5.73 Å². The van der Waals surface area contributed by atoms with Crippen LogP contribution < -0.4 is 5.73 Å². The minimum atomic E-state index is 0.487. The normalized spacial score (nSPS) is 15.0. The second-order valence-corrected chi connectivity index (χ2v) is 3.50. The van der Waals surface area contributed by atoms with Gasteiger partial charge in [0.15, 0.2) is 0 Å². The van der Waals surface area contributed by atoms with E-state index in [1.807, 2.05) is 0 Å². The molecule has 0 aliphatic carbocycles. The molecule has 58 valence electrons. The van der Waals surface area contributed by atoms with Crippen LogP contribution in [0, 0.1) is 0 Å². The third kappa shape index (κ3) is 1.23. The van der Waals surface area contributed by atoms with Gasteiger partial charge in [0.2, 0.25) is 0 Å². The van der Waals surface area contributed by atoms with Crippen molar-refractivity contribution in [2.75, 3.05) is 5.75 Å². The molecule has 2 rings (SSSR count). The molecule has 0 aromatic carbocycles. The Labute approximate surface area is 69.4 Å². The van der Waals surface area contributed by atoms with E-state index in [4.69, 9.17) is 5.73 Å². The van der Waals surface area contributed by atoms with E-state index in [1.54, 1.807) is 18.0 Å². The first-order valence-corrected chi connectivity index (χ1v) is 4.56. The summed E-state index contributed by atoms with van der Waals surface area (Å²) in [7, 11) is 0. The average molecular weight is 167 g/mol. The van der Waals surface area contributed by atoms with Crippen LogP contribution in [0.3, 0.4) is 0 Å². The maximum atomic E-state index is 5.43. The summed E-state index contributed by atoms with van der Waals surface area (Å²) < 4.78 is 0. The lowest BCUT2D eigenvalue weighted by Gasteiger charge is -1.98. The van der Waals surface area contributed by atoms with Crippen molar-refractivity contribution in [3.63, 3.8) is 0 Å². The highest BCUT2D eigenvalue weighted by Crippen LogP contribution is 2.27. The number of rotatable bonds is 1. The Balaban J connectivity index is 2.41. The van der Waals surface area contributed by atoms with Crippen LogP contribution in [-0.2, 0) is 13.0 Å². The van der Waals surface area contributed by atoms with Gasteiger partial charge in [0, 0.05) is 18.7 Å². The zero-order valence-electron chi connectivity index (χ0n) is 6.08. The third-order valence-electron chi connectivity index (χ3n) is 1.65. The number of fused-ring (bicyclic) bond motifs is 1. The van der Waals surface area contributed by atoms with Gasteiger partial charge in [-0.15, -0.1) is 11.8 Å². The predicted octanol–water partition coefficient (Wildman–Crippen LogP) is 0.584. The summed E-state index contributed by atoms with van der Waals surface area (Å²) in [5, 5.41) is 1.08. The Morgan fingerprint density at radius 2 is 2.55 bits per heavy atom. The van der Waals surface area contributed by atoms with Crippen LogP contribution in [0.15, 0.2) is 11.2 Å². The molecule has 0 amide bonds. The van der Waals surface area contributed by atoms with Crippen molar-refractivity contribution in [1.82, 2.24) is 9.97 Å². The van der Waals surface area contributed by atoms with E-state index < -0.39 is 0 Å². The van der Waals surface area contributed by atoms with Crippen LogP contribution in [-0.4, -0.2) is 15.7 Å². The number of thioether (sulfide) groups is 1. The molecule has 1 aromatic heterocycles. The van der Waals surface area contributed by atoms with Crippen molar-refractivity contribution in [3.8, 4) is 0 Å². The van der Waals surface area contributed by atoms with Gasteiger partial charge in [-0.05, 0) is 0 Å². The van der Waals surface area contributed by atoms with Crippen molar-refractivity contribution in [1.29, 1.82) is 0 Å². The number of aromatic nitrogens is 2. The lowest BCUT2D eigenvalue weighted by atomic mass is 10.3. The first kappa shape index (κ1) is 7.06. The van der Waals surface area contributed by atoms with Crippen LogP contribution in [0.25, 0.3) is 0 Å². The molecule has 0 saturated carbocycles. The summed E-state index contributed by atoms with van der Waals surface area (Å²) in [6.07, 6.45) is 2.82. The van der Waals surface area contributed by atoms with E-state index in [0.29, 0.717) is 6.54 Å².